The number of aliphatic hydroxyl groups is 1. The smallest absolute Gasteiger partial charge is 0.317 e. The van der Waals surface area contributed by atoms with Gasteiger partial charge in [-0.1, -0.05) is 18.2 Å². The summed E-state index contributed by atoms with van der Waals surface area (Å²) < 4.78 is 67.9. The van der Waals surface area contributed by atoms with Crippen LogP contribution in [0.2, 0.25) is 0 Å². The van der Waals surface area contributed by atoms with Gasteiger partial charge < -0.3 is 52.1 Å². The van der Waals surface area contributed by atoms with Crippen LogP contribution >= 0.6 is 0 Å². The van der Waals surface area contributed by atoms with E-state index in [0.717, 1.165) is 17.0 Å². The molecule has 12 N–H and O–H groups in total. The molecule has 1 fully saturated rings. The van der Waals surface area contributed by atoms with E-state index >= 15 is 0 Å². The van der Waals surface area contributed by atoms with Gasteiger partial charge in [-0.2, -0.15) is 21.9 Å². The van der Waals surface area contributed by atoms with E-state index in [-0.39, 0.29) is 121 Å². The van der Waals surface area contributed by atoms with Gasteiger partial charge in [-0.25, -0.2) is 0 Å². The molecule has 0 bridgehead atoms. The fourth-order valence-corrected chi connectivity index (χ4v) is 10.9. The highest BCUT2D eigenvalue weighted by Crippen LogP contribution is 2.44. The van der Waals surface area contributed by atoms with E-state index in [0.29, 0.717) is 52.5 Å². The van der Waals surface area contributed by atoms with Crippen molar-refractivity contribution in [3.63, 3.8) is 0 Å². The van der Waals surface area contributed by atoms with Crippen LogP contribution in [0.1, 0.15) is 36.8 Å². The van der Waals surface area contributed by atoms with Gasteiger partial charge >= 0.3 is 17.9 Å². The number of aliphatic hydroxyl groups excluding tert-OH is 1. The van der Waals surface area contributed by atoms with Gasteiger partial charge in [0.05, 0.1) is 42.9 Å². The fraction of sp³-hybridized carbons (Fsp3) is 0.415. The highest BCUT2D eigenvalue weighted by Gasteiger charge is 2.29. The van der Waals surface area contributed by atoms with Gasteiger partial charge in [0, 0.05) is 89.0 Å². The number of carboxylic acids is 3. The minimum absolute atomic E-state index is 0.00848. The zero-order chi connectivity index (χ0) is 61.6. The molecule has 2 heterocycles. The maximum absolute atomic E-state index is 14.2. The lowest BCUT2D eigenvalue weighted by atomic mass is 10.00. The van der Waals surface area contributed by atoms with Crippen molar-refractivity contribution < 1.29 is 85.0 Å². The number of hydrogen-bond donors (Lipinski definition) is 11. The molecule has 1 saturated heterocycles. The van der Waals surface area contributed by atoms with Crippen molar-refractivity contribution >= 4 is 95.3 Å². The zero-order valence-corrected chi connectivity index (χ0v) is 47.5. The quantitative estimate of drug-likeness (QED) is 0.0205. The highest BCUT2D eigenvalue weighted by molar-refractivity contribution is 7.87. The largest absolute Gasteiger partial charge is 0.505 e. The number of hydrogen-bond acceptors (Lipinski definition) is 20. The Morgan fingerprint density at radius 3 is 1.69 bits per heavy atom. The summed E-state index contributed by atoms with van der Waals surface area (Å²) in [6.07, 6.45) is 2.16. The normalized spacial score (nSPS) is 16.8. The first kappa shape index (κ1) is 65.1. The van der Waals surface area contributed by atoms with Crippen molar-refractivity contribution in [1.29, 1.82) is 0 Å². The number of nitrogens with zero attached hydrogens (tertiary/aromatic N) is 7. The SMILES string of the molecule is Cc1cc(-c2ccc(NC(=O)[C@@H](CCCCNC(=O)CCN3C(=O)C=CC3O)NC(=O)CN3CCN(CC(=O)O)CCN(CC(=O)O)CCN(CC(=O)O)CC3)c(C)c2)ccc1N=Nc1ccc2c(S(=O)(=O)O)cc(S(=O)(=O)O)c(N)c2c1O. The number of aromatic hydroxyl groups is 1. The number of carbonyl (C=O) groups excluding carboxylic acids is 4. The number of nitrogens with two attached hydrogens (primary N) is 1. The average molecular weight is 1210 g/mol. The molecular formula is C53H67N11O18S2. The van der Waals surface area contributed by atoms with Crippen molar-refractivity contribution in [1.82, 2.24) is 35.1 Å². The van der Waals surface area contributed by atoms with Gasteiger partial charge in [0.15, 0.2) is 5.75 Å². The molecule has 2 aliphatic heterocycles. The summed E-state index contributed by atoms with van der Waals surface area (Å²) in [5, 5.41) is 65.8. The van der Waals surface area contributed by atoms with Crippen molar-refractivity contribution in [2.45, 2.75) is 61.6 Å². The summed E-state index contributed by atoms with van der Waals surface area (Å²) in [7, 11) is -10.2. The predicted octanol–water partition coefficient (Wildman–Crippen LogP) is 1.61. The summed E-state index contributed by atoms with van der Waals surface area (Å²) in [5.74, 6) is -6.06. The molecule has 4 amide bonds. The summed E-state index contributed by atoms with van der Waals surface area (Å²) in [4.78, 5) is 93.8. The standard InChI is InChI=1S/C53H67N11O18S2/c1-32-25-34(35-7-10-38(33(2)26-35)58-59-39-11-8-36-41(83(77,78)79)27-42(84(80,81)82)51(54)50(36)52(39)75)6-9-37(32)57-53(76)40(5-3-4-15-55-43(65)14-16-64-45(67)12-13-46(64)68)56-44(66)28-60-17-19-61(29-47(69)70)21-23-63(31-49(73)74)24-22-62(20-18-60)30-48(71)72/h6-13,25-27,40,45,67,75H,3-5,14-24,28-31,54H2,1-2H3,(H,55,65)(H,56,66)(H,57,76)(H,69,70)(H,71,72)(H,73,74)(H,77,78,79)(H,80,81,82)/t40-,45?/m1/s1. The molecule has 6 rings (SSSR count). The number of carbonyl (C=O) groups is 7. The van der Waals surface area contributed by atoms with Crippen LogP contribution in [0.15, 0.2) is 86.8 Å². The van der Waals surface area contributed by atoms with Gasteiger partial charge in [-0.15, -0.1) is 5.11 Å². The molecule has 84 heavy (non-hydrogen) atoms. The third-order valence-electron chi connectivity index (χ3n) is 13.9. The first-order valence-electron chi connectivity index (χ1n) is 26.3. The van der Waals surface area contributed by atoms with E-state index in [1.807, 2.05) is 0 Å². The molecule has 29 nitrogen and oxygen atoms in total. The van der Waals surface area contributed by atoms with E-state index in [9.17, 15) is 85.0 Å². The first-order valence-corrected chi connectivity index (χ1v) is 29.2. The topological polar surface area (TPSA) is 432 Å². The molecular weight excluding hydrogens is 1140 g/mol. The zero-order valence-electron chi connectivity index (χ0n) is 45.9. The van der Waals surface area contributed by atoms with Crippen LogP contribution in [-0.4, -0.2) is 221 Å². The predicted molar refractivity (Wildman–Crippen MR) is 303 cm³/mol. The van der Waals surface area contributed by atoms with E-state index in [4.69, 9.17) is 5.73 Å². The Kier molecular flexibility index (Phi) is 22.5. The second kappa shape index (κ2) is 29.0. The van der Waals surface area contributed by atoms with Crippen LogP contribution in [-0.2, 0) is 53.8 Å². The molecule has 0 aliphatic carbocycles. The number of carboxylic acid groups (broad SMARTS) is 3. The van der Waals surface area contributed by atoms with Crippen molar-refractivity contribution in [3.05, 3.63) is 77.9 Å². The van der Waals surface area contributed by atoms with Crippen LogP contribution in [0.3, 0.4) is 0 Å². The molecule has 0 spiro atoms. The summed E-state index contributed by atoms with van der Waals surface area (Å²) >= 11 is 0. The van der Waals surface area contributed by atoms with Crippen LogP contribution in [0.25, 0.3) is 21.9 Å². The van der Waals surface area contributed by atoms with Crippen LogP contribution in [0.4, 0.5) is 22.7 Å². The van der Waals surface area contributed by atoms with Crippen LogP contribution in [0, 0.1) is 13.8 Å². The number of phenols is 1. The number of nitrogen functional groups attached to an aromatic ring is 1. The highest BCUT2D eigenvalue weighted by atomic mass is 32.2. The monoisotopic (exact) mass is 1210 g/mol. The maximum Gasteiger partial charge on any atom is 0.317 e. The number of amides is 4. The van der Waals surface area contributed by atoms with Gasteiger partial charge in [0.1, 0.15) is 27.7 Å². The summed E-state index contributed by atoms with van der Waals surface area (Å²) in [6.45, 7) is 3.61. The minimum Gasteiger partial charge on any atom is -0.505 e. The third kappa shape index (κ3) is 18.5. The van der Waals surface area contributed by atoms with Crippen LogP contribution < -0.4 is 21.7 Å². The average Bonchev–Trinajstić information content (AvgIpc) is 1.21. The number of fused-ring (bicyclic) bond motifs is 1. The van der Waals surface area contributed by atoms with Crippen LogP contribution in [0.5, 0.6) is 5.75 Å². The van der Waals surface area contributed by atoms with E-state index in [1.54, 1.807) is 69.8 Å². The number of benzene rings is 4. The molecule has 0 saturated carbocycles. The molecule has 2 aliphatic rings. The van der Waals surface area contributed by atoms with Crippen molar-refractivity contribution in [3.8, 4) is 16.9 Å². The molecule has 2 atom stereocenters. The van der Waals surface area contributed by atoms with Gasteiger partial charge in [0.2, 0.25) is 23.6 Å². The second-order valence-corrected chi connectivity index (χ2v) is 22.9. The lowest BCUT2D eigenvalue weighted by molar-refractivity contribution is -0.140. The number of azo groups is 1. The van der Waals surface area contributed by atoms with Gasteiger partial charge in [0.25, 0.3) is 20.2 Å². The van der Waals surface area contributed by atoms with Gasteiger partial charge in [-0.3, -0.25) is 62.3 Å². The second-order valence-electron chi connectivity index (χ2n) is 20.1. The first-order chi connectivity index (χ1) is 39.6. The Bertz CT molecular complexity index is 3420. The van der Waals surface area contributed by atoms with E-state index in [2.05, 4.69) is 26.2 Å². The lowest BCUT2D eigenvalue weighted by Gasteiger charge is -2.33. The Hall–Kier alpha value is -8.01. The molecule has 4 aromatic carbocycles. The Labute approximate surface area is 482 Å². The molecule has 0 radical (unpaired) electrons. The van der Waals surface area contributed by atoms with E-state index < -0.39 is 94.7 Å². The number of aryl methyl sites for hydroxylation is 2. The molecule has 454 valence electrons. The summed E-state index contributed by atoms with van der Waals surface area (Å²) in [5.41, 5.74) is 8.33. The minimum atomic E-state index is -5.13. The maximum atomic E-state index is 14.2. The number of rotatable bonds is 24. The molecule has 4 aromatic rings. The molecule has 0 aromatic heterocycles. The number of aliphatic carboxylic acids is 3. The number of phenolic OH excluding ortho intramolecular Hbond substituents is 1. The lowest BCUT2D eigenvalue weighted by Crippen LogP contribution is -2.51. The molecule has 1 unspecified atom stereocenters. The molecule has 31 heteroatoms. The Morgan fingerprint density at radius 1 is 0.679 bits per heavy atom. The van der Waals surface area contributed by atoms with Crippen molar-refractivity contribution in [2.75, 3.05) is 103 Å². The van der Waals surface area contributed by atoms with E-state index in [1.165, 1.54) is 12.2 Å². The fourth-order valence-electron chi connectivity index (χ4n) is 9.47. The Morgan fingerprint density at radius 2 is 1.19 bits per heavy atom. The van der Waals surface area contributed by atoms with Crippen molar-refractivity contribution in [2.24, 2.45) is 10.2 Å². The Balaban J connectivity index is 1.17. The third-order valence-corrected chi connectivity index (χ3v) is 15.7. The number of anilines is 2. The summed E-state index contributed by atoms with van der Waals surface area (Å²) in [6, 6.07) is 12.0. The number of unbranched alkanes of at least 4 members (excludes halogenated alkanes) is 1. The van der Waals surface area contributed by atoms with Gasteiger partial charge in [-0.05, 0) is 97.8 Å². The number of nitrogens with one attached hydrogen (secondary N) is 3.